The molecule has 3 aromatic carbocycles. The average molecular weight is 525 g/mol. The summed E-state index contributed by atoms with van der Waals surface area (Å²) in [5.74, 6) is -1.88. The standard InChI is InChI=1S/C20H8Cl6O4/c21-9-5-13(23)17(25)15(7-9)29-19(27)11-3-1-2-4-12(11)20(28)30-16-8-10(22)6-14(24)18(16)26/h1-8H. The van der Waals surface area contributed by atoms with E-state index in [1.807, 2.05) is 0 Å². The predicted octanol–water partition coefficient (Wildman–Crippen LogP) is 8.05. The summed E-state index contributed by atoms with van der Waals surface area (Å²) in [6.07, 6.45) is 0. The molecule has 0 heterocycles. The highest BCUT2D eigenvalue weighted by Gasteiger charge is 2.23. The zero-order valence-corrected chi connectivity index (χ0v) is 19.1. The van der Waals surface area contributed by atoms with E-state index in [4.69, 9.17) is 79.1 Å². The van der Waals surface area contributed by atoms with Crippen LogP contribution in [0.4, 0.5) is 0 Å². The van der Waals surface area contributed by atoms with Gasteiger partial charge in [0, 0.05) is 22.2 Å². The summed E-state index contributed by atoms with van der Waals surface area (Å²) in [6.45, 7) is 0. The molecule has 0 aliphatic carbocycles. The third-order valence-corrected chi connectivity index (χ3v) is 5.70. The highest BCUT2D eigenvalue weighted by atomic mass is 35.5. The number of hydrogen-bond donors (Lipinski definition) is 0. The Kier molecular flexibility index (Phi) is 7.40. The maximum absolute atomic E-state index is 12.7. The van der Waals surface area contributed by atoms with Crippen LogP contribution in [0.3, 0.4) is 0 Å². The van der Waals surface area contributed by atoms with Crippen LogP contribution in [-0.4, -0.2) is 11.9 Å². The van der Waals surface area contributed by atoms with Crippen LogP contribution in [0.5, 0.6) is 11.5 Å². The van der Waals surface area contributed by atoms with Crippen molar-refractivity contribution < 1.29 is 19.1 Å². The maximum Gasteiger partial charge on any atom is 0.344 e. The van der Waals surface area contributed by atoms with E-state index in [-0.39, 0.29) is 52.8 Å². The fourth-order valence-corrected chi connectivity index (χ4v) is 3.61. The van der Waals surface area contributed by atoms with E-state index in [2.05, 4.69) is 0 Å². The van der Waals surface area contributed by atoms with Gasteiger partial charge < -0.3 is 9.47 Å². The predicted molar refractivity (Wildman–Crippen MR) is 119 cm³/mol. The van der Waals surface area contributed by atoms with Crippen molar-refractivity contribution in [3.05, 3.63) is 89.8 Å². The van der Waals surface area contributed by atoms with Gasteiger partial charge in [0.25, 0.3) is 0 Å². The second-order valence-corrected chi connectivity index (χ2v) is 8.17. The molecule has 0 bridgehead atoms. The van der Waals surface area contributed by atoms with E-state index in [0.29, 0.717) is 0 Å². The Morgan fingerprint density at radius 1 is 0.600 bits per heavy atom. The van der Waals surface area contributed by atoms with E-state index in [1.165, 1.54) is 36.4 Å². The van der Waals surface area contributed by atoms with Crippen LogP contribution in [0.2, 0.25) is 30.1 Å². The largest absolute Gasteiger partial charge is 0.421 e. The highest BCUT2D eigenvalue weighted by molar-refractivity contribution is 6.45. The summed E-state index contributed by atoms with van der Waals surface area (Å²) in [4.78, 5) is 25.4. The molecule has 0 aliphatic rings. The number of carbonyl (C=O) groups excluding carboxylic acids is 2. The van der Waals surface area contributed by atoms with Gasteiger partial charge in [-0.3, -0.25) is 0 Å². The van der Waals surface area contributed by atoms with Gasteiger partial charge in [0.2, 0.25) is 0 Å². The molecule has 4 nitrogen and oxygen atoms in total. The lowest BCUT2D eigenvalue weighted by molar-refractivity contribution is 0.0692. The fourth-order valence-electron chi connectivity index (χ4n) is 2.36. The van der Waals surface area contributed by atoms with Crippen molar-refractivity contribution in [1.29, 1.82) is 0 Å². The molecule has 0 aromatic heterocycles. The fraction of sp³-hybridized carbons (Fsp3) is 0. The Labute approximate surface area is 201 Å². The summed E-state index contributed by atoms with van der Waals surface area (Å²) >= 11 is 35.8. The quantitative estimate of drug-likeness (QED) is 0.197. The van der Waals surface area contributed by atoms with Crippen molar-refractivity contribution in [1.82, 2.24) is 0 Å². The molecular weight excluding hydrogens is 517 g/mol. The van der Waals surface area contributed by atoms with Crippen LogP contribution in [0.25, 0.3) is 0 Å². The molecule has 0 atom stereocenters. The minimum Gasteiger partial charge on any atom is -0.421 e. The summed E-state index contributed by atoms with van der Waals surface area (Å²) in [5, 5.41) is 0.628. The van der Waals surface area contributed by atoms with Gasteiger partial charge >= 0.3 is 11.9 Å². The Bertz CT molecular complexity index is 1070. The number of esters is 2. The SMILES string of the molecule is O=C(Oc1cc(Cl)cc(Cl)c1Cl)c1ccccc1C(=O)Oc1cc(Cl)cc(Cl)c1Cl. The van der Waals surface area contributed by atoms with Crippen molar-refractivity contribution in [2.24, 2.45) is 0 Å². The molecule has 3 rings (SSSR count). The molecular formula is C20H8Cl6O4. The molecule has 30 heavy (non-hydrogen) atoms. The Balaban J connectivity index is 1.91. The number of halogens is 6. The topological polar surface area (TPSA) is 52.6 Å². The number of ether oxygens (including phenoxy) is 2. The van der Waals surface area contributed by atoms with Crippen LogP contribution < -0.4 is 9.47 Å². The first-order chi connectivity index (χ1) is 14.2. The molecule has 0 aliphatic heterocycles. The van der Waals surface area contributed by atoms with E-state index in [9.17, 15) is 9.59 Å². The lowest BCUT2D eigenvalue weighted by Gasteiger charge is -2.12. The van der Waals surface area contributed by atoms with Crippen LogP contribution in [0, 0.1) is 0 Å². The number of carbonyl (C=O) groups is 2. The van der Waals surface area contributed by atoms with Gasteiger partial charge in [-0.05, 0) is 24.3 Å². The van der Waals surface area contributed by atoms with Crippen molar-refractivity contribution in [3.8, 4) is 11.5 Å². The normalized spacial score (nSPS) is 10.6. The maximum atomic E-state index is 12.7. The zero-order valence-electron chi connectivity index (χ0n) is 14.5. The van der Waals surface area contributed by atoms with Gasteiger partial charge in [-0.25, -0.2) is 9.59 Å². The Morgan fingerprint density at radius 3 is 1.33 bits per heavy atom. The summed E-state index contributed by atoms with van der Waals surface area (Å²) in [7, 11) is 0. The molecule has 3 aromatic rings. The highest BCUT2D eigenvalue weighted by Crippen LogP contribution is 2.37. The van der Waals surface area contributed by atoms with Gasteiger partial charge in [0.1, 0.15) is 10.0 Å². The molecule has 0 radical (unpaired) electrons. The molecule has 0 saturated heterocycles. The van der Waals surface area contributed by atoms with Crippen molar-refractivity contribution in [2.45, 2.75) is 0 Å². The van der Waals surface area contributed by atoms with Gasteiger partial charge in [0.15, 0.2) is 11.5 Å². The first-order valence-corrected chi connectivity index (χ1v) is 10.3. The molecule has 154 valence electrons. The van der Waals surface area contributed by atoms with Gasteiger partial charge in [-0.2, -0.15) is 0 Å². The molecule has 0 amide bonds. The molecule has 0 N–H and O–H groups in total. The minimum absolute atomic E-state index is 0.00479. The second kappa shape index (κ2) is 9.65. The monoisotopic (exact) mass is 522 g/mol. The van der Waals surface area contributed by atoms with Crippen molar-refractivity contribution >= 4 is 81.5 Å². The molecule has 0 fully saturated rings. The van der Waals surface area contributed by atoms with Gasteiger partial charge in [-0.1, -0.05) is 81.7 Å². The van der Waals surface area contributed by atoms with Crippen molar-refractivity contribution in [3.63, 3.8) is 0 Å². The summed E-state index contributed by atoms with van der Waals surface area (Å²) < 4.78 is 10.6. The number of rotatable bonds is 4. The van der Waals surface area contributed by atoms with E-state index < -0.39 is 11.9 Å². The van der Waals surface area contributed by atoms with Gasteiger partial charge in [-0.15, -0.1) is 0 Å². The van der Waals surface area contributed by atoms with Crippen molar-refractivity contribution in [2.75, 3.05) is 0 Å². The third-order valence-electron chi connectivity index (χ3n) is 3.69. The van der Waals surface area contributed by atoms with Gasteiger partial charge in [0.05, 0.1) is 21.2 Å². The molecule has 0 spiro atoms. The summed E-state index contributed by atoms with van der Waals surface area (Å²) in [6, 6.07) is 11.3. The Morgan fingerprint density at radius 2 is 0.967 bits per heavy atom. The van der Waals surface area contributed by atoms with Crippen LogP contribution >= 0.6 is 69.6 Å². The summed E-state index contributed by atoms with van der Waals surface area (Å²) in [5.41, 5.74) is -0.169. The minimum atomic E-state index is -0.877. The first kappa shape index (κ1) is 23.0. The first-order valence-electron chi connectivity index (χ1n) is 8.00. The van der Waals surface area contributed by atoms with Crippen LogP contribution in [0.1, 0.15) is 20.7 Å². The van der Waals surface area contributed by atoms with Crippen LogP contribution in [0.15, 0.2) is 48.5 Å². The molecule has 0 saturated carbocycles. The number of benzene rings is 3. The van der Waals surface area contributed by atoms with E-state index >= 15 is 0 Å². The second-order valence-electron chi connectivity index (χ2n) is 5.72. The van der Waals surface area contributed by atoms with E-state index in [0.717, 1.165) is 0 Å². The Hall–Kier alpha value is -1.66. The van der Waals surface area contributed by atoms with Crippen LogP contribution in [-0.2, 0) is 0 Å². The van der Waals surface area contributed by atoms with E-state index in [1.54, 1.807) is 12.1 Å². The number of hydrogen-bond acceptors (Lipinski definition) is 4. The molecule has 0 unspecified atom stereocenters. The lowest BCUT2D eigenvalue weighted by atomic mass is 10.1. The molecule has 10 heteroatoms. The lowest BCUT2D eigenvalue weighted by Crippen LogP contribution is -2.17. The zero-order chi connectivity index (χ0) is 22.0. The average Bonchev–Trinajstić information content (AvgIpc) is 2.69. The third kappa shape index (κ3) is 5.14. The smallest absolute Gasteiger partial charge is 0.344 e.